The van der Waals surface area contributed by atoms with Crippen molar-refractivity contribution in [2.45, 2.75) is 38.9 Å². The lowest BCUT2D eigenvalue weighted by Crippen LogP contribution is -2.38. The Labute approximate surface area is 88.8 Å². The SMILES string of the molecule is CC(C)(C)OC(=O)NC[C@H](O)CC(N)=O. The van der Waals surface area contributed by atoms with Crippen molar-refractivity contribution in [3.05, 3.63) is 0 Å². The van der Waals surface area contributed by atoms with Crippen molar-refractivity contribution < 1.29 is 19.4 Å². The van der Waals surface area contributed by atoms with Crippen molar-refractivity contribution >= 4 is 12.0 Å². The van der Waals surface area contributed by atoms with E-state index in [9.17, 15) is 14.7 Å². The second-order valence-electron chi connectivity index (χ2n) is 4.21. The third kappa shape index (κ3) is 9.01. The number of hydrogen-bond donors (Lipinski definition) is 3. The molecule has 0 aromatic carbocycles. The third-order valence-electron chi connectivity index (χ3n) is 1.32. The van der Waals surface area contributed by atoms with E-state index in [-0.39, 0.29) is 13.0 Å². The zero-order valence-electron chi connectivity index (χ0n) is 9.24. The van der Waals surface area contributed by atoms with Gasteiger partial charge in [-0.15, -0.1) is 0 Å². The molecule has 6 nitrogen and oxygen atoms in total. The lowest BCUT2D eigenvalue weighted by atomic mass is 10.2. The molecule has 0 aromatic rings. The maximum absolute atomic E-state index is 11.1. The first-order valence-electron chi connectivity index (χ1n) is 4.64. The average Bonchev–Trinajstić information content (AvgIpc) is 1.96. The van der Waals surface area contributed by atoms with E-state index in [1.54, 1.807) is 20.8 Å². The Kier molecular flexibility index (Phi) is 5.07. The molecule has 0 saturated carbocycles. The second kappa shape index (κ2) is 5.55. The molecule has 15 heavy (non-hydrogen) atoms. The average molecular weight is 218 g/mol. The highest BCUT2D eigenvalue weighted by molar-refractivity contribution is 5.74. The maximum atomic E-state index is 11.1. The van der Waals surface area contributed by atoms with E-state index >= 15 is 0 Å². The fraction of sp³-hybridized carbons (Fsp3) is 0.778. The summed E-state index contributed by atoms with van der Waals surface area (Å²) in [7, 11) is 0. The molecule has 0 aliphatic heterocycles. The normalized spacial score (nSPS) is 13.1. The maximum Gasteiger partial charge on any atom is 0.407 e. The van der Waals surface area contributed by atoms with E-state index < -0.39 is 23.7 Å². The molecule has 6 heteroatoms. The van der Waals surface area contributed by atoms with Gasteiger partial charge >= 0.3 is 6.09 Å². The predicted octanol–water partition coefficient (Wildman–Crippen LogP) is -0.253. The monoisotopic (exact) mass is 218 g/mol. The molecule has 0 aliphatic rings. The van der Waals surface area contributed by atoms with E-state index in [1.807, 2.05) is 0 Å². The molecule has 4 N–H and O–H groups in total. The van der Waals surface area contributed by atoms with Gasteiger partial charge in [-0.25, -0.2) is 4.79 Å². The van der Waals surface area contributed by atoms with Gasteiger partial charge in [0.25, 0.3) is 0 Å². The third-order valence-corrected chi connectivity index (χ3v) is 1.32. The van der Waals surface area contributed by atoms with E-state index in [0.29, 0.717) is 0 Å². The molecule has 0 saturated heterocycles. The summed E-state index contributed by atoms with van der Waals surface area (Å²) in [4.78, 5) is 21.5. The van der Waals surface area contributed by atoms with E-state index in [2.05, 4.69) is 5.32 Å². The number of aliphatic hydroxyl groups is 1. The lowest BCUT2D eigenvalue weighted by Gasteiger charge is -2.20. The summed E-state index contributed by atoms with van der Waals surface area (Å²) in [6.45, 7) is 5.13. The number of amides is 2. The zero-order valence-corrected chi connectivity index (χ0v) is 9.24. The Balaban J connectivity index is 3.76. The van der Waals surface area contributed by atoms with Gasteiger partial charge in [-0.05, 0) is 20.8 Å². The van der Waals surface area contributed by atoms with Gasteiger partial charge in [0.2, 0.25) is 5.91 Å². The first-order valence-corrected chi connectivity index (χ1v) is 4.64. The minimum atomic E-state index is -0.977. The molecule has 88 valence electrons. The van der Waals surface area contributed by atoms with Crippen LogP contribution in [0, 0.1) is 0 Å². The number of carbonyl (C=O) groups excluding carboxylic acids is 2. The summed E-state index contributed by atoms with van der Waals surface area (Å²) in [6, 6.07) is 0. The predicted molar refractivity (Wildman–Crippen MR) is 54.1 cm³/mol. The highest BCUT2D eigenvalue weighted by Crippen LogP contribution is 2.06. The number of ether oxygens (including phenoxy) is 1. The molecular formula is C9H18N2O4. The van der Waals surface area contributed by atoms with Crippen LogP contribution >= 0.6 is 0 Å². The van der Waals surface area contributed by atoms with Gasteiger partial charge in [-0.1, -0.05) is 0 Å². The van der Waals surface area contributed by atoms with Gasteiger partial charge in [-0.2, -0.15) is 0 Å². The van der Waals surface area contributed by atoms with Crippen LogP contribution in [-0.4, -0.2) is 35.4 Å². The number of carbonyl (C=O) groups is 2. The van der Waals surface area contributed by atoms with Gasteiger partial charge in [0, 0.05) is 6.54 Å². The van der Waals surface area contributed by atoms with Crippen LogP contribution in [0.25, 0.3) is 0 Å². The second-order valence-corrected chi connectivity index (χ2v) is 4.21. The highest BCUT2D eigenvalue weighted by atomic mass is 16.6. The van der Waals surface area contributed by atoms with Gasteiger partial charge in [0.15, 0.2) is 0 Å². The van der Waals surface area contributed by atoms with Crippen LogP contribution < -0.4 is 11.1 Å². The molecule has 0 spiro atoms. The first-order chi connectivity index (χ1) is 6.70. The largest absolute Gasteiger partial charge is 0.444 e. The van der Waals surface area contributed by atoms with Crippen molar-refractivity contribution in [2.75, 3.05) is 6.54 Å². The molecule has 0 bridgehead atoms. The highest BCUT2D eigenvalue weighted by Gasteiger charge is 2.17. The minimum absolute atomic E-state index is 0.0577. The summed E-state index contributed by atoms with van der Waals surface area (Å²) in [5, 5.41) is 11.5. The van der Waals surface area contributed by atoms with Gasteiger partial charge in [0.1, 0.15) is 5.60 Å². The van der Waals surface area contributed by atoms with Crippen molar-refractivity contribution in [2.24, 2.45) is 5.73 Å². The van der Waals surface area contributed by atoms with Gasteiger partial charge < -0.3 is 20.9 Å². The quantitative estimate of drug-likeness (QED) is 0.605. The summed E-state index contributed by atoms with van der Waals surface area (Å²) in [5.41, 5.74) is 4.27. The number of nitrogens with one attached hydrogen (secondary N) is 1. The number of nitrogens with two attached hydrogens (primary N) is 1. The zero-order chi connectivity index (χ0) is 12.1. The molecule has 0 heterocycles. The topological polar surface area (TPSA) is 102 Å². The smallest absolute Gasteiger partial charge is 0.407 e. The van der Waals surface area contributed by atoms with Crippen LogP contribution in [0.4, 0.5) is 4.79 Å². The van der Waals surface area contributed by atoms with Crippen molar-refractivity contribution in [1.29, 1.82) is 0 Å². The Morgan fingerprint density at radius 2 is 2.00 bits per heavy atom. The first kappa shape index (κ1) is 13.7. The lowest BCUT2D eigenvalue weighted by molar-refractivity contribution is -0.119. The molecule has 0 fully saturated rings. The molecule has 1 atom stereocenters. The van der Waals surface area contributed by atoms with Crippen molar-refractivity contribution in [1.82, 2.24) is 5.32 Å². The summed E-state index contributed by atoms with van der Waals surface area (Å²) in [6.07, 6.45) is -1.79. The Morgan fingerprint density at radius 3 is 2.40 bits per heavy atom. The fourth-order valence-corrected chi connectivity index (χ4v) is 0.820. The summed E-state index contributed by atoms with van der Waals surface area (Å²) < 4.78 is 4.92. The summed E-state index contributed by atoms with van der Waals surface area (Å²) >= 11 is 0. The van der Waals surface area contributed by atoms with Crippen LogP contribution in [-0.2, 0) is 9.53 Å². The minimum Gasteiger partial charge on any atom is -0.444 e. The standard InChI is InChI=1S/C9H18N2O4/c1-9(2,3)15-8(14)11-5-6(12)4-7(10)13/h6,12H,4-5H2,1-3H3,(H2,10,13)(H,11,14)/t6-/m1/s1. The molecule has 0 aromatic heterocycles. The molecule has 0 aliphatic carbocycles. The molecule has 0 unspecified atom stereocenters. The van der Waals surface area contributed by atoms with Crippen LogP contribution in [0.15, 0.2) is 0 Å². The molecule has 0 radical (unpaired) electrons. The summed E-state index contributed by atoms with van der Waals surface area (Å²) in [5.74, 6) is -0.617. The number of hydrogen-bond acceptors (Lipinski definition) is 4. The Bertz CT molecular complexity index is 235. The van der Waals surface area contributed by atoms with E-state index in [1.165, 1.54) is 0 Å². The molecular weight excluding hydrogens is 200 g/mol. The van der Waals surface area contributed by atoms with Crippen LogP contribution in [0.1, 0.15) is 27.2 Å². The Hall–Kier alpha value is -1.30. The van der Waals surface area contributed by atoms with Crippen LogP contribution in [0.2, 0.25) is 0 Å². The van der Waals surface area contributed by atoms with Crippen molar-refractivity contribution in [3.63, 3.8) is 0 Å². The van der Waals surface area contributed by atoms with Crippen molar-refractivity contribution in [3.8, 4) is 0 Å². The molecule has 2 amide bonds. The van der Waals surface area contributed by atoms with Crippen LogP contribution in [0.3, 0.4) is 0 Å². The molecule has 0 rings (SSSR count). The van der Waals surface area contributed by atoms with Gasteiger partial charge in [-0.3, -0.25) is 4.79 Å². The van der Waals surface area contributed by atoms with Gasteiger partial charge in [0.05, 0.1) is 12.5 Å². The number of primary amides is 1. The van der Waals surface area contributed by atoms with Crippen LogP contribution in [0.5, 0.6) is 0 Å². The fourth-order valence-electron chi connectivity index (χ4n) is 0.820. The van der Waals surface area contributed by atoms with E-state index in [4.69, 9.17) is 10.5 Å². The number of aliphatic hydroxyl groups excluding tert-OH is 1. The number of rotatable bonds is 4. The number of alkyl carbamates (subject to hydrolysis) is 1. The Morgan fingerprint density at radius 1 is 1.47 bits per heavy atom. The van der Waals surface area contributed by atoms with E-state index in [0.717, 1.165) is 0 Å².